The minimum absolute atomic E-state index is 0.340. The van der Waals surface area contributed by atoms with Crippen molar-refractivity contribution < 1.29 is 17.5 Å². The van der Waals surface area contributed by atoms with Gasteiger partial charge in [-0.05, 0) is 0 Å². The van der Waals surface area contributed by atoms with Crippen LogP contribution in [-0.4, -0.2) is 32.4 Å². The average Bonchev–Trinajstić information content (AvgIpc) is 1.90. The third-order valence-electron chi connectivity index (χ3n) is 1.26. The van der Waals surface area contributed by atoms with Gasteiger partial charge < -0.3 is 0 Å². The summed E-state index contributed by atoms with van der Waals surface area (Å²) in [5.41, 5.74) is 0. The Kier molecular flexibility index (Phi) is 4.99. The van der Waals surface area contributed by atoms with Gasteiger partial charge in [-0.15, -0.1) is 0 Å². The zero-order valence-electron chi connectivity index (χ0n) is 4.86. The van der Waals surface area contributed by atoms with Crippen molar-refractivity contribution in [3.8, 4) is 0 Å². The fourth-order valence-electron chi connectivity index (χ4n) is 0.722. The van der Waals surface area contributed by atoms with Crippen LogP contribution in [0, 0.1) is 0 Å². The molecule has 0 atom stereocenters. The Morgan fingerprint density at radius 2 is 1.67 bits per heavy atom. The Bertz CT molecular complexity index is 81.9. The molecule has 1 aliphatic rings. The van der Waals surface area contributed by atoms with E-state index in [4.69, 9.17) is 0 Å². The third kappa shape index (κ3) is 3.34. The normalized spacial score (nSPS) is 25.1. The van der Waals surface area contributed by atoms with Gasteiger partial charge in [0, 0.05) is 0 Å². The van der Waals surface area contributed by atoms with Gasteiger partial charge in [0.05, 0.1) is 0 Å². The first-order valence-corrected chi connectivity index (χ1v) is 11.0. The molecule has 1 saturated heterocycles. The monoisotopic (exact) mass is 465 g/mol. The molecule has 0 aromatic rings. The number of rotatable bonds is 1. The third-order valence-corrected chi connectivity index (χ3v) is 7.17. The summed E-state index contributed by atoms with van der Waals surface area (Å²) in [7, 11) is 0. The molecule has 56 valence electrons. The van der Waals surface area contributed by atoms with Crippen LogP contribution in [0.5, 0.6) is 0 Å². The molecule has 0 N–H and O–H groups in total. The molecule has 0 bridgehead atoms. The molecule has 0 unspecified atom stereocenters. The quantitative estimate of drug-likeness (QED) is 0.338. The Hall–Kier alpha value is 2.11. The van der Waals surface area contributed by atoms with Crippen molar-refractivity contribution >= 4 is 41.5 Å². The summed E-state index contributed by atoms with van der Waals surface area (Å²) in [6, 6.07) is 0. The van der Waals surface area contributed by atoms with Crippen LogP contribution in [0.3, 0.4) is 0 Å². The van der Waals surface area contributed by atoms with E-state index in [0.717, 1.165) is 0 Å². The summed E-state index contributed by atoms with van der Waals surface area (Å²) in [6.07, 6.45) is 0. The molecule has 0 aromatic carbocycles. The second-order valence-corrected chi connectivity index (χ2v) is 7.42. The predicted octanol–water partition coefficient (Wildman–Crippen LogP) is -1.69. The van der Waals surface area contributed by atoms with E-state index >= 15 is 0 Å². The first-order chi connectivity index (χ1) is 4.33. The fraction of sp³-hybridized carbons (Fsp3) is 1.00. The zero-order valence-corrected chi connectivity index (χ0v) is 11.3. The molecular formula is C4H8I3N2-. The molecule has 9 heavy (non-hydrogen) atoms. The molecule has 2 nitrogen and oxygen atoms in total. The topological polar surface area (TPSA) is 6.48 Å². The maximum absolute atomic E-state index is 2.58. The number of halogens is 3. The summed E-state index contributed by atoms with van der Waals surface area (Å²) in [4.78, 5) is 0. The van der Waals surface area contributed by atoms with Crippen molar-refractivity contribution in [3.05, 3.63) is 0 Å². The SMILES string of the molecule is I[I-]N1CCN(I)CC1. The van der Waals surface area contributed by atoms with Crippen LogP contribution >= 0.6 is 41.5 Å². The summed E-state index contributed by atoms with van der Waals surface area (Å²) in [6.45, 7) is 5.09. The van der Waals surface area contributed by atoms with Gasteiger partial charge in [-0.1, -0.05) is 0 Å². The first kappa shape index (κ1) is 9.20. The minimum atomic E-state index is 0.340. The van der Waals surface area contributed by atoms with E-state index < -0.39 is 0 Å². The number of hydrogen-bond acceptors (Lipinski definition) is 2. The Balaban J connectivity index is 2.18. The molecule has 1 rings (SSSR count). The fourth-order valence-corrected chi connectivity index (χ4v) is 4.40. The van der Waals surface area contributed by atoms with Gasteiger partial charge in [-0.2, -0.15) is 0 Å². The van der Waals surface area contributed by atoms with E-state index in [2.05, 4.69) is 47.7 Å². The summed E-state index contributed by atoms with van der Waals surface area (Å²) in [5.74, 6) is 0. The van der Waals surface area contributed by atoms with Crippen LogP contribution in [-0.2, 0) is 0 Å². The Morgan fingerprint density at radius 1 is 1.11 bits per heavy atom. The molecule has 1 heterocycles. The molecule has 0 saturated carbocycles. The average molecular weight is 465 g/mol. The molecule has 0 amide bonds. The van der Waals surface area contributed by atoms with E-state index in [1.54, 1.807) is 0 Å². The van der Waals surface area contributed by atoms with Crippen molar-refractivity contribution in [2.45, 2.75) is 0 Å². The van der Waals surface area contributed by atoms with E-state index in [9.17, 15) is 0 Å². The molecule has 0 aliphatic carbocycles. The Morgan fingerprint density at radius 3 is 2.11 bits per heavy atom. The molecule has 5 heteroatoms. The van der Waals surface area contributed by atoms with Crippen LogP contribution in [0.2, 0.25) is 0 Å². The number of nitrogens with zero attached hydrogens (tertiary/aromatic N) is 2. The van der Waals surface area contributed by atoms with E-state index in [1.165, 1.54) is 26.2 Å². The standard InChI is InChI=1S/C4H8I3N2/c5-7-9-3-1-8(6)2-4-9/h1-4H2/q-1. The van der Waals surface area contributed by atoms with Gasteiger partial charge in [0.1, 0.15) is 0 Å². The van der Waals surface area contributed by atoms with Gasteiger partial charge in [0.2, 0.25) is 0 Å². The van der Waals surface area contributed by atoms with Crippen LogP contribution < -0.4 is 17.5 Å². The molecule has 0 spiro atoms. The second kappa shape index (κ2) is 4.88. The van der Waals surface area contributed by atoms with Crippen molar-refractivity contribution in [1.82, 2.24) is 6.23 Å². The summed E-state index contributed by atoms with van der Waals surface area (Å²) >= 11 is 5.27. The zero-order chi connectivity index (χ0) is 6.69. The molecular weight excluding hydrogens is 457 g/mol. The summed E-state index contributed by atoms with van der Waals surface area (Å²) in [5, 5.41) is 0. The second-order valence-electron chi connectivity index (χ2n) is 1.88. The van der Waals surface area contributed by atoms with Crippen molar-refractivity contribution in [2.75, 3.05) is 26.2 Å². The summed E-state index contributed by atoms with van der Waals surface area (Å²) < 4.78 is 4.94. The maximum atomic E-state index is 2.58. The van der Waals surface area contributed by atoms with Gasteiger partial charge in [0.25, 0.3) is 0 Å². The first-order valence-electron chi connectivity index (χ1n) is 2.75. The molecule has 0 radical (unpaired) electrons. The predicted molar refractivity (Wildman–Crippen MR) is 51.2 cm³/mol. The van der Waals surface area contributed by atoms with Crippen LogP contribution in [0.25, 0.3) is 0 Å². The van der Waals surface area contributed by atoms with Crippen molar-refractivity contribution in [3.63, 3.8) is 0 Å². The van der Waals surface area contributed by atoms with E-state index in [1.807, 2.05) is 0 Å². The van der Waals surface area contributed by atoms with Crippen molar-refractivity contribution in [1.29, 1.82) is 0 Å². The van der Waals surface area contributed by atoms with Crippen LogP contribution in [0.1, 0.15) is 0 Å². The van der Waals surface area contributed by atoms with Crippen LogP contribution in [0.15, 0.2) is 0 Å². The van der Waals surface area contributed by atoms with Gasteiger partial charge in [-0.3, -0.25) is 0 Å². The van der Waals surface area contributed by atoms with Gasteiger partial charge >= 0.3 is 91.4 Å². The van der Waals surface area contributed by atoms with E-state index in [0.29, 0.717) is 17.5 Å². The molecule has 0 aromatic heterocycles. The molecule has 1 fully saturated rings. The number of hydrogen-bond donors (Lipinski definition) is 0. The van der Waals surface area contributed by atoms with Gasteiger partial charge in [-0.25, -0.2) is 0 Å². The van der Waals surface area contributed by atoms with Gasteiger partial charge in [0.15, 0.2) is 0 Å². The van der Waals surface area contributed by atoms with E-state index in [-0.39, 0.29) is 0 Å². The Labute approximate surface area is 90.0 Å². The van der Waals surface area contributed by atoms with Crippen LogP contribution in [0.4, 0.5) is 0 Å². The van der Waals surface area contributed by atoms with Crippen molar-refractivity contribution in [2.24, 2.45) is 0 Å². The number of piperazine rings is 1. The molecule has 1 aliphatic heterocycles.